The first kappa shape index (κ1) is 14.7. The Balaban J connectivity index is 2.52. The summed E-state index contributed by atoms with van der Waals surface area (Å²) in [6.07, 6.45) is 0. The average Bonchev–Trinajstić information content (AvgIpc) is 2.34. The minimum Gasteiger partial charge on any atom is -0.354 e. The summed E-state index contributed by atoms with van der Waals surface area (Å²) in [5.41, 5.74) is 6.95. The van der Waals surface area contributed by atoms with Gasteiger partial charge in [0.25, 0.3) is 0 Å². The molecule has 0 aromatic heterocycles. The van der Waals surface area contributed by atoms with Crippen molar-refractivity contribution >= 4 is 5.91 Å². The molecule has 1 aromatic carbocycles. The number of benzene rings is 1. The first-order valence-corrected chi connectivity index (χ1v) is 6.40. The Bertz CT molecular complexity index is 381. The third-order valence-electron chi connectivity index (χ3n) is 3.50. The monoisotopic (exact) mass is 248 g/mol. The highest BCUT2D eigenvalue weighted by Crippen LogP contribution is 2.24. The Labute approximate surface area is 110 Å². The van der Waals surface area contributed by atoms with Gasteiger partial charge in [0.05, 0.1) is 0 Å². The van der Waals surface area contributed by atoms with E-state index in [4.69, 9.17) is 5.73 Å². The maximum atomic E-state index is 11.9. The number of nitrogens with two attached hydrogens (primary N) is 1. The van der Waals surface area contributed by atoms with Crippen LogP contribution >= 0.6 is 0 Å². The van der Waals surface area contributed by atoms with Gasteiger partial charge in [-0.05, 0) is 16.9 Å². The van der Waals surface area contributed by atoms with Crippen molar-refractivity contribution in [2.75, 3.05) is 6.54 Å². The van der Waals surface area contributed by atoms with Crippen LogP contribution in [0.1, 0.15) is 39.3 Å². The van der Waals surface area contributed by atoms with Gasteiger partial charge in [-0.1, -0.05) is 58.0 Å². The van der Waals surface area contributed by atoms with E-state index in [-0.39, 0.29) is 11.3 Å². The molecule has 2 atom stereocenters. The van der Waals surface area contributed by atoms with E-state index in [1.807, 2.05) is 30.3 Å². The number of carbonyl (C=O) groups excluding carboxylic acids is 1. The summed E-state index contributed by atoms with van der Waals surface area (Å²) in [5, 5.41) is 2.92. The van der Waals surface area contributed by atoms with E-state index in [1.54, 1.807) is 0 Å². The van der Waals surface area contributed by atoms with Crippen LogP contribution in [-0.2, 0) is 4.79 Å². The molecule has 0 saturated carbocycles. The molecule has 0 fully saturated rings. The van der Waals surface area contributed by atoms with Crippen molar-refractivity contribution in [2.24, 2.45) is 17.1 Å². The fourth-order valence-electron chi connectivity index (χ4n) is 1.48. The molecule has 0 aliphatic heterocycles. The summed E-state index contributed by atoms with van der Waals surface area (Å²) in [6.45, 7) is 9.29. The summed E-state index contributed by atoms with van der Waals surface area (Å²) in [7, 11) is 0. The van der Waals surface area contributed by atoms with Crippen molar-refractivity contribution in [1.82, 2.24) is 5.32 Å². The smallest absolute Gasteiger partial charge is 0.241 e. The Hall–Kier alpha value is -1.35. The lowest BCUT2D eigenvalue weighted by Gasteiger charge is -2.27. The molecule has 0 spiro atoms. The predicted molar refractivity (Wildman–Crippen MR) is 75.0 cm³/mol. The molecule has 0 bridgehead atoms. The largest absolute Gasteiger partial charge is 0.354 e. The average molecular weight is 248 g/mol. The molecule has 0 radical (unpaired) electrons. The molecule has 100 valence electrons. The van der Waals surface area contributed by atoms with Crippen LogP contribution in [0.5, 0.6) is 0 Å². The molecule has 0 aliphatic carbocycles. The first-order chi connectivity index (χ1) is 8.32. The van der Waals surface area contributed by atoms with Crippen molar-refractivity contribution in [1.29, 1.82) is 0 Å². The molecule has 1 unspecified atom stereocenters. The zero-order valence-electron chi connectivity index (χ0n) is 11.7. The fraction of sp³-hybridized carbons (Fsp3) is 0.533. The Morgan fingerprint density at radius 2 is 1.83 bits per heavy atom. The highest BCUT2D eigenvalue weighted by molar-refractivity contribution is 5.82. The number of carbonyl (C=O) groups is 1. The fourth-order valence-corrected chi connectivity index (χ4v) is 1.48. The molecule has 0 saturated heterocycles. The molecule has 1 aromatic rings. The lowest BCUT2D eigenvalue weighted by Crippen LogP contribution is -2.39. The van der Waals surface area contributed by atoms with Gasteiger partial charge in [-0.2, -0.15) is 0 Å². The summed E-state index contributed by atoms with van der Waals surface area (Å²) >= 11 is 0. The standard InChI is InChI=1S/C15H24N2O/c1-11(15(2,3)4)10-17-14(18)13(16)12-8-6-5-7-9-12/h5-9,11,13H,10,16H2,1-4H3,(H,17,18)/t11?,13-/m1/s1. The molecule has 0 heterocycles. The number of hydrogen-bond donors (Lipinski definition) is 2. The van der Waals surface area contributed by atoms with Gasteiger partial charge in [-0.15, -0.1) is 0 Å². The second-order valence-electron chi connectivity index (χ2n) is 5.90. The maximum Gasteiger partial charge on any atom is 0.241 e. The number of hydrogen-bond acceptors (Lipinski definition) is 2. The van der Waals surface area contributed by atoms with E-state index in [2.05, 4.69) is 33.0 Å². The minimum absolute atomic E-state index is 0.114. The van der Waals surface area contributed by atoms with Crippen LogP contribution in [0.3, 0.4) is 0 Å². The molecule has 3 heteroatoms. The van der Waals surface area contributed by atoms with E-state index in [0.29, 0.717) is 12.5 Å². The summed E-state index contributed by atoms with van der Waals surface area (Å²) in [5.74, 6) is 0.293. The third-order valence-corrected chi connectivity index (χ3v) is 3.50. The van der Waals surface area contributed by atoms with Crippen LogP contribution in [0, 0.1) is 11.3 Å². The van der Waals surface area contributed by atoms with Crippen LogP contribution in [0.4, 0.5) is 0 Å². The van der Waals surface area contributed by atoms with Gasteiger partial charge in [0.2, 0.25) is 5.91 Å². The molecular weight excluding hydrogens is 224 g/mol. The zero-order valence-corrected chi connectivity index (χ0v) is 11.7. The van der Waals surface area contributed by atoms with Gasteiger partial charge in [0.15, 0.2) is 0 Å². The molecule has 18 heavy (non-hydrogen) atoms. The van der Waals surface area contributed by atoms with Gasteiger partial charge >= 0.3 is 0 Å². The first-order valence-electron chi connectivity index (χ1n) is 6.40. The van der Waals surface area contributed by atoms with Gasteiger partial charge in [0.1, 0.15) is 6.04 Å². The quantitative estimate of drug-likeness (QED) is 0.860. The molecule has 1 rings (SSSR count). The summed E-state index contributed by atoms with van der Waals surface area (Å²) < 4.78 is 0. The van der Waals surface area contributed by atoms with Crippen molar-refractivity contribution < 1.29 is 4.79 Å². The van der Waals surface area contributed by atoms with Crippen LogP contribution < -0.4 is 11.1 Å². The van der Waals surface area contributed by atoms with Gasteiger partial charge < -0.3 is 11.1 Å². The molecule has 1 amide bonds. The maximum absolute atomic E-state index is 11.9. The van der Waals surface area contributed by atoms with Crippen molar-refractivity contribution in [2.45, 2.75) is 33.7 Å². The van der Waals surface area contributed by atoms with E-state index in [9.17, 15) is 4.79 Å². The Morgan fingerprint density at radius 3 is 2.33 bits per heavy atom. The number of nitrogens with one attached hydrogen (secondary N) is 1. The molecule has 0 aliphatic rings. The number of rotatable bonds is 4. The number of amides is 1. The van der Waals surface area contributed by atoms with E-state index in [0.717, 1.165) is 5.56 Å². The van der Waals surface area contributed by atoms with E-state index >= 15 is 0 Å². The normalized spacial score (nSPS) is 14.9. The van der Waals surface area contributed by atoms with Gasteiger partial charge in [-0.25, -0.2) is 0 Å². The summed E-state index contributed by atoms with van der Waals surface area (Å²) in [6, 6.07) is 8.85. The van der Waals surface area contributed by atoms with Crippen molar-refractivity contribution in [3.8, 4) is 0 Å². The lowest BCUT2D eigenvalue weighted by molar-refractivity contribution is -0.122. The van der Waals surface area contributed by atoms with Crippen molar-refractivity contribution in [3.05, 3.63) is 35.9 Å². The third kappa shape index (κ3) is 4.15. The molecular formula is C15H24N2O. The van der Waals surface area contributed by atoms with Gasteiger partial charge in [0, 0.05) is 6.54 Å². The van der Waals surface area contributed by atoms with Crippen LogP contribution in [-0.4, -0.2) is 12.5 Å². The van der Waals surface area contributed by atoms with Crippen LogP contribution in [0.15, 0.2) is 30.3 Å². The summed E-state index contributed by atoms with van der Waals surface area (Å²) in [4.78, 5) is 11.9. The lowest BCUT2D eigenvalue weighted by atomic mass is 9.82. The van der Waals surface area contributed by atoms with E-state index in [1.165, 1.54) is 0 Å². The second kappa shape index (κ2) is 6.01. The Morgan fingerprint density at radius 1 is 1.28 bits per heavy atom. The topological polar surface area (TPSA) is 55.1 Å². The highest BCUT2D eigenvalue weighted by Gasteiger charge is 2.22. The predicted octanol–water partition coefficient (Wildman–Crippen LogP) is 2.48. The highest BCUT2D eigenvalue weighted by atomic mass is 16.2. The SMILES string of the molecule is CC(CNC(=O)[C@H](N)c1ccccc1)C(C)(C)C. The minimum atomic E-state index is -0.585. The Kier molecular flexibility index (Phi) is 4.91. The molecule has 3 nitrogen and oxygen atoms in total. The van der Waals surface area contributed by atoms with Gasteiger partial charge in [-0.3, -0.25) is 4.79 Å². The zero-order chi connectivity index (χ0) is 13.8. The molecule has 3 N–H and O–H groups in total. The second-order valence-corrected chi connectivity index (χ2v) is 5.90. The van der Waals surface area contributed by atoms with E-state index < -0.39 is 6.04 Å². The van der Waals surface area contributed by atoms with Crippen LogP contribution in [0.2, 0.25) is 0 Å². The van der Waals surface area contributed by atoms with Crippen molar-refractivity contribution in [3.63, 3.8) is 0 Å². The van der Waals surface area contributed by atoms with Crippen LogP contribution in [0.25, 0.3) is 0 Å².